The van der Waals surface area contributed by atoms with E-state index in [1.165, 1.54) is 18.4 Å². The van der Waals surface area contributed by atoms with E-state index in [1.54, 1.807) is 12.1 Å². The second kappa shape index (κ2) is 4.88. The average molecular weight is 248 g/mol. The molecule has 18 heavy (non-hydrogen) atoms. The van der Waals surface area contributed by atoms with Crippen molar-refractivity contribution in [3.8, 4) is 0 Å². The minimum atomic E-state index is -0.121. The lowest BCUT2D eigenvalue weighted by Gasteiger charge is -2.24. The molecule has 1 fully saturated rings. The van der Waals surface area contributed by atoms with Crippen LogP contribution in [0.25, 0.3) is 0 Å². The molecule has 1 aliphatic carbocycles. The van der Waals surface area contributed by atoms with Gasteiger partial charge in [-0.1, -0.05) is 13.0 Å². The van der Waals surface area contributed by atoms with Crippen LogP contribution in [0.15, 0.2) is 18.2 Å². The Morgan fingerprint density at radius 1 is 1.44 bits per heavy atom. The van der Waals surface area contributed by atoms with Crippen LogP contribution in [0.1, 0.15) is 25.3 Å². The number of fused-ring (bicyclic) bond motifs is 1. The van der Waals surface area contributed by atoms with Crippen LogP contribution in [-0.2, 0) is 6.42 Å². The van der Waals surface area contributed by atoms with Crippen LogP contribution in [0.2, 0.25) is 0 Å². The Hall–Kier alpha value is -1.09. The van der Waals surface area contributed by atoms with Gasteiger partial charge in [0.1, 0.15) is 5.82 Å². The van der Waals surface area contributed by atoms with Crippen molar-refractivity contribution >= 4 is 5.69 Å². The molecule has 3 rings (SSSR count). The van der Waals surface area contributed by atoms with Crippen molar-refractivity contribution in [3.63, 3.8) is 0 Å². The average Bonchev–Trinajstić information content (AvgIpc) is 3.11. The fourth-order valence-corrected chi connectivity index (χ4v) is 2.70. The Morgan fingerprint density at radius 3 is 3.06 bits per heavy atom. The van der Waals surface area contributed by atoms with Gasteiger partial charge < -0.3 is 10.2 Å². The van der Waals surface area contributed by atoms with Crippen molar-refractivity contribution in [2.45, 2.75) is 32.2 Å². The Morgan fingerprint density at radius 2 is 2.28 bits per heavy atom. The summed E-state index contributed by atoms with van der Waals surface area (Å²) in [4.78, 5) is 2.33. The lowest BCUT2D eigenvalue weighted by atomic mass is 10.1. The second-order valence-corrected chi connectivity index (χ2v) is 5.76. The van der Waals surface area contributed by atoms with E-state index < -0.39 is 0 Å². The molecule has 1 heterocycles. The third-order valence-corrected chi connectivity index (χ3v) is 3.90. The molecule has 0 bridgehead atoms. The maximum Gasteiger partial charge on any atom is 0.125 e. The van der Waals surface area contributed by atoms with Crippen LogP contribution in [0.4, 0.5) is 10.1 Å². The van der Waals surface area contributed by atoms with Gasteiger partial charge in [-0.05, 0) is 49.4 Å². The van der Waals surface area contributed by atoms with Crippen LogP contribution in [-0.4, -0.2) is 25.7 Å². The molecule has 1 aromatic carbocycles. The number of benzene rings is 1. The van der Waals surface area contributed by atoms with E-state index in [2.05, 4.69) is 17.1 Å². The van der Waals surface area contributed by atoms with Gasteiger partial charge in [-0.25, -0.2) is 4.39 Å². The summed E-state index contributed by atoms with van der Waals surface area (Å²) < 4.78 is 13.3. The molecule has 0 radical (unpaired) electrons. The van der Waals surface area contributed by atoms with Gasteiger partial charge in [0.05, 0.1) is 0 Å². The number of anilines is 1. The Balaban J connectivity index is 1.59. The van der Waals surface area contributed by atoms with Gasteiger partial charge in [-0.15, -0.1) is 0 Å². The number of nitrogens with zero attached hydrogens (tertiary/aromatic N) is 1. The Bertz CT molecular complexity index is 429. The monoisotopic (exact) mass is 248 g/mol. The topological polar surface area (TPSA) is 15.3 Å². The van der Waals surface area contributed by atoms with E-state index in [-0.39, 0.29) is 5.82 Å². The molecule has 2 aliphatic rings. The molecule has 1 aliphatic heterocycles. The minimum Gasteiger partial charge on any atom is -0.371 e. The van der Waals surface area contributed by atoms with E-state index >= 15 is 0 Å². The molecular weight excluding hydrogens is 227 g/mol. The molecule has 0 aromatic heterocycles. The predicted octanol–water partition coefficient (Wildman–Crippen LogP) is 2.58. The first-order valence-corrected chi connectivity index (χ1v) is 6.99. The molecule has 2 nitrogen and oxygen atoms in total. The largest absolute Gasteiger partial charge is 0.371 e. The highest BCUT2D eigenvalue weighted by Crippen LogP contribution is 2.29. The minimum absolute atomic E-state index is 0.121. The first kappa shape index (κ1) is 12.0. The summed E-state index contributed by atoms with van der Waals surface area (Å²) in [6.45, 7) is 5.40. The molecule has 1 saturated carbocycles. The molecule has 1 unspecified atom stereocenters. The number of halogens is 1. The summed E-state index contributed by atoms with van der Waals surface area (Å²) in [5, 5.41) is 3.56. The summed E-state index contributed by atoms with van der Waals surface area (Å²) in [5.41, 5.74) is 2.40. The summed E-state index contributed by atoms with van der Waals surface area (Å²) >= 11 is 0. The van der Waals surface area contributed by atoms with E-state index in [0.717, 1.165) is 37.8 Å². The standard InChI is InChI=1S/C15H21FN2/c1-11(9-17-14-4-5-14)10-18-7-6-12-2-3-13(16)8-15(12)18/h2-3,8,11,14,17H,4-7,9-10H2,1H3. The van der Waals surface area contributed by atoms with Crippen molar-refractivity contribution in [1.29, 1.82) is 0 Å². The van der Waals surface area contributed by atoms with E-state index in [4.69, 9.17) is 0 Å². The normalized spacial score (nSPS) is 20.0. The summed E-state index contributed by atoms with van der Waals surface area (Å²) in [7, 11) is 0. The van der Waals surface area contributed by atoms with E-state index in [9.17, 15) is 4.39 Å². The fraction of sp³-hybridized carbons (Fsp3) is 0.600. The molecule has 0 saturated heterocycles. The maximum absolute atomic E-state index is 13.3. The Labute approximate surface area is 108 Å². The molecule has 0 spiro atoms. The molecule has 98 valence electrons. The van der Waals surface area contributed by atoms with Crippen LogP contribution in [0.3, 0.4) is 0 Å². The number of nitrogens with one attached hydrogen (secondary N) is 1. The lowest BCUT2D eigenvalue weighted by molar-refractivity contribution is 0.505. The number of hydrogen-bond acceptors (Lipinski definition) is 2. The summed E-state index contributed by atoms with van der Waals surface area (Å²) in [5.74, 6) is 0.490. The summed E-state index contributed by atoms with van der Waals surface area (Å²) in [6.07, 6.45) is 3.73. The van der Waals surface area contributed by atoms with Crippen molar-refractivity contribution < 1.29 is 4.39 Å². The van der Waals surface area contributed by atoms with Crippen LogP contribution in [0, 0.1) is 11.7 Å². The third-order valence-electron chi connectivity index (χ3n) is 3.90. The number of hydrogen-bond donors (Lipinski definition) is 1. The van der Waals surface area contributed by atoms with Gasteiger partial charge in [0.15, 0.2) is 0 Å². The Kier molecular flexibility index (Phi) is 3.25. The predicted molar refractivity (Wildman–Crippen MR) is 72.5 cm³/mol. The van der Waals surface area contributed by atoms with Gasteiger partial charge in [0.2, 0.25) is 0 Å². The quantitative estimate of drug-likeness (QED) is 0.861. The zero-order valence-electron chi connectivity index (χ0n) is 11.0. The van der Waals surface area contributed by atoms with Gasteiger partial charge in [0, 0.05) is 24.8 Å². The second-order valence-electron chi connectivity index (χ2n) is 5.76. The van der Waals surface area contributed by atoms with Crippen molar-refractivity contribution in [2.75, 3.05) is 24.5 Å². The van der Waals surface area contributed by atoms with Gasteiger partial charge in [0.25, 0.3) is 0 Å². The van der Waals surface area contributed by atoms with E-state index in [1.807, 2.05) is 6.07 Å². The molecule has 0 amide bonds. The zero-order valence-corrected chi connectivity index (χ0v) is 11.0. The van der Waals surface area contributed by atoms with Crippen LogP contribution < -0.4 is 10.2 Å². The molecule has 1 aromatic rings. The van der Waals surface area contributed by atoms with Crippen molar-refractivity contribution in [2.24, 2.45) is 5.92 Å². The van der Waals surface area contributed by atoms with Gasteiger partial charge in [-0.2, -0.15) is 0 Å². The highest BCUT2D eigenvalue weighted by molar-refractivity contribution is 5.58. The van der Waals surface area contributed by atoms with E-state index in [0.29, 0.717) is 5.92 Å². The first-order chi connectivity index (χ1) is 8.72. The molecule has 1 N–H and O–H groups in total. The van der Waals surface area contributed by atoms with Crippen molar-refractivity contribution in [3.05, 3.63) is 29.6 Å². The maximum atomic E-state index is 13.3. The molecular formula is C15H21FN2. The third kappa shape index (κ3) is 2.66. The first-order valence-electron chi connectivity index (χ1n) is 6.99. The fourth-order valence-electron chi connectivity index (χ4n) is 2.70. The lowest BCUT2D eigenvalue weighted by Crippen LogP contribution is -2.33. The molecule has 1 atom stereocenters. The van der Waals surface area contributed by atoms with Crippen LogP contribution >= 0.6 is 0 Å². The zero-order chi connectivity index (χ0) is 12.5. The SMILES string of the molecule is CC(CNC1CC1)CN1CCc2ccc(F)cc21. The summed E-state index contributed by atoms with van der Waals surface area (Å²) in [6, 6.07) is 5.96. The van der Waals surface area contributed by atoms with Gasteiger partial charge in [-0.3, -0.25) is 0 Å². The van der Waals surface area contributed by atoms with Gasteiger partial charge >= 0.3 is 0 Å². The number of rotatable bonds is 5. The highest BCUT2D eigenvalue weighted by atomic mass is 19.1. The van der Waals surface area contributed by atoms with Crippen molar-refractivity contribution in [1.82, 2.24) is 5.32 Å². The highest BCUT2D eigenvalue weighted by Gasteiger charge is 2.23. The van der Waals surface area contributed by atoms with Crippen LogP contribution in [0.5, 0.6) is 0 Å². The molecule has 3 heteroatoms. The smallest absolute Gasteiger partial charge is 0.125 e.